The van der Waals surface area contributed by atoms with Gasteiger partial charge in [0.25, 0.3) is 11.8 Å². The Kier molecular flexibility index (Phi) is 9.53. The van der Waals surface area contributed by atoms with Crippen LogP contribution >= 0.6 is 23.4 Å². The summed E-state index contributed by atoms with van der Waals surface area (Å²) in [6.07, 6.45) is 2.18. The summed E-state index contributed by atoms with van der Waals surface area (Å²) in [4.78, 5) is 46.7. The van der Waals surface area contributed by atoms with Crippen molar-refractivity contribution in [2.24, 2.45) is 0 Å². The molecule has 0 aliphatic rings. The molecule has 0 bridgehead atoms. The van der Waals surface area contributed by atoms with Crippen molar-refractivity contribution in [2.75, 3.05) is 18.6 Å². The zero-order chi connectivity index (χ0) is 19.5. The van der Waals surface area contributed by atoms with Gasteiger partial charge in [-0.25, -0.2) is 4.79 Å². The molecule has 0 spiro atoms. The molecule has 0 aromatic heterocycles. The van der Waals surface area contributed by atoms with Crippen LogP contribution < -0.4 is 16.2 Å². The van der Waals surface area contributed by atoms with E-state index in [0.29, 0.717) is 12.2 Å². The molecule has 0 saturated carbocycles. The van der Waals surface area contributed by atoms with Gasteiger partial charge in [-0.1, -0.05) is 23.7 Å². The molecule has 8 nitrogen and oxygen atoms in total. The van der Waals surface area contributed by atoms with Gasteiger partial charge >= 0.3 is 5.97 Å². The normalized spacial score (nSPS) is 11.2. The van der Waals surface area contributed by atoms with E-state index < -0.39 is 36.3 Å². The lowest BCUT2D eigenvalue weighted by Gasteiger charge is -2.17. The molecule has 1 aromatic carbocycles. The number of hydrogen-bond acceptors (Lipinski definition) is 6. The first-order chi connectivity index (χ1) is 12.3. The van der Waals surface area contributed by atoms with Crippen LogP contribution in [0.2, 0.25) is 5.02 Å². The third kappa shape index (κ3) is 7.75. The van der Waals surface area contributed by atoms with E-state index in [9.17, 15) is 19.2 Å². The average Bonchev–Trinajstić information content (AvgIpc) is 2.61. The van der Waals surface area contributed by atoms with Gasteiger partial charge in [0.2, 0.25) is 5.91 Å². The molecule has 1 rings (SSSR count). The van der Waals surface area contributed by atoms with Gasteiger partial charge in [-0.3, -0.25) is 25.2 Å². The van der Waals surface area contributed by atoms with Crippen molar-refractivity contribution in [1.29, 1.82) is 0 Å². The summed E-state index contributed by atoms with van der Waals surface area (Å²) in [5.74, 6) is -1.83. The standard InChI is InChI=1S/C16H20ClN3O5S/c1-10(21)19-20-14(22)9-25-16(24)13(7-8-26-2)18-15(23)11-5-3-4-6-12(11)17/h3-6,13H,7-9H2,1-2H3,(H,18,23)(H,19,21)(H,20,22)/t13-/m0/s1. The molecular weight excluding hydrogens is 382 g/mol. The molecule has 0 fully saturated rings. The SMILES string of the molecule is CSCC[C@H](NC(=O)c1ccccc1Cl)C(=O)OCC(=O)NNC(C)=O. The summed E-state index contributed by atoms with van der Waals surface area (Å²) in [5.41, 5.74) is 4.38. The Bertz CT molecular complexity index is 671. The van der Waals surface area contributed by atoms with Crippen molar-refractivity contribution >= 4 is 47.1 Å². The summed E-state index contributed by atoms with van der Waals surface area (Å²) in [7, 11) is 0. The molecule has 3 N–H and O–H groups in total. The van der Waals surface area contributed by atoms with E-state index >= 15 is 0 Å². The smallest absolute Gasteiger partial charge is 0.329 e. The number of halogens is 1. The molecule has 0 heterocycles. The maximum atomic E-state index is 12.3. The van der Waals surface area contributed by atoms with Crippen molar-refractivity contribution in [2.45, 2.75) is 19.4 Å². The lowest BCUT2D eigenvalue weighted by Crippen LogP contribution is -2.45. The lowest BCUT2D eigenvalue weighted by atomic mass is 10.1. The molecule has 0 unspecified atom stereocenters. The van der Waals surface area contributed by atoms with E-state index in [1.165, 1.54) is 24.8 Å². The van der Waals surface area contributed by atoms with Gasteiger partial charge in [0.05, 0.1) is 10.6 Å². The molecule has 0 radical (unpaired) electrons. The van der Waals surface area contributed by atoms with Gasteiger partial charge in [0.15, 0.2) is 6.61 Å². The van der Waals surface area contributed by atoms with Gasteiger partial charge < -0.3 is 10.1 Å². The second kappa shape index (κ2) is 11.4. The van der Waals surface area contributed by atoms with Crippen molar-refractivity contribution in [3.63, 3.8) is 0 Å². The number of rotatable bonds is 8. The van der Waals surface area contributed by atoms with E-state index in [2.05, 4.69) is 16.2 Å². The molecular formula is C16H20ClN3O5S. The minimum atomic E-state index is -0.931. The maximum Gasteiger partial charge on any atom is 0.329 e. The van der Waals surface area contributed by atoms with E-state index in [1.54, 1.807) is 18.2 Å². The number of carbonyl (C=O) groups is 4. The summed E-state index contributed by atoms with van der Waals surface area (Å²) < 4.78 is 4.90. The third-order valence-corrected chi connectivity index (χ3v) is 4.02. The summed E-state index contributed by atoms with van der Waals surface area (Å²) in [5, 5.41) is 2.83. The molecule has 0 aliphatic heterocycles. The number of esters is 1. The number of hydrogen-bond donors (Lipinski definition) is 3. The van der Waals surface area contributed by atoms with Crippen molar-refractivity contribution in [3.05, 3.63) is 34.9 Å². The highest BCUT2D eigenvalue weighted by Gasteiger charge is 2.24. The molecule has 26 heavy (non-hydrogen) atoms. The number of benzene rings is 1. The Hall–Kier alpha value is -2.26. The van der Waals surface area contributed by atoms with Crippen LogP contribution in [-0.2, 0) is 19.1 Å². The van der Waals surface area contributed by atoms with Crippen LogP contribution in [0.3, 0.4) is 0 Å². The van der Waals surface area contributed by atoms with Gasteiger partial charge in [-0.15, -0.1) is 0 Å². The van der Waals surface area contributed by atoms with Crippen LogP contribution in [0.5, 0.6) is 0 Å². The van der Waals surface area contributed by atoms with E-state index in [1.807, 2.05) is 6.26 Å². The quantitative estimate of drug-likeness (QED) is 0.440. The fourth-order valence-corrected chi connectivity index (χ4v) is 2.49. The average molecular weight is 402 g/mol. The number of hydrazine groups is 1. The van der Waals surface area contributed by atoms with E-state index in [-0.39, 0.29) is 10.6 Å². The second-order valence-electron chi connectivity index (χ2n) is 5.12. The Labute approximate surface area is 160 Å². The van der Waals surface area contributed by atoms with Gasteiger partial charge in [-0.2, -0.15) is 11.8 Å². The minimum absolute atomic E-state index is 0.236. The van der Waals surface area contributed by atoms with Crippen LogP contribution in [0, 0.1) is 0 Å². The van der Waals surface area contributed by atoms with Gasteiger partial charge in [-0.05, 0) is 30.6 Å². The highest BCUT2D eigenvalue weighted by Crippen LogP contribution is 2.15. The highest BCUT2D eigenvalue weighted by atomic mass is 35.5. The highest BCUT2D eigenvalue weighted by molar-refractivity contribution is 7.98. The fourth-order valence-electron chi connectivity index (χ4n) is 1.80. The lowest BCUT2D eigenvalue weighted by molar-refractivity contribution is -0.150. The molecule has 1 aromatic rings. The first kappa shape index (κ1) is 21.8. The third-order valence-electron chi connectivity index (χ3n) is 3.04. The second-order valence-corrected chi connectivity index (χ2v) is 6.52. The summed E-state index contributed by atoms with van der Waals surface area (Å²) in [6, 6.07) is 5.52. The number of ether oxygens (including phenoxy) is 1. The summed E-state index contributed by atoms with van der Waals surface area (Å²) in [6.45, 7) is 0.631. The first-order valence-corrected chi connectivity index (χ1v) is 9.38. The van der Waals surface area contributed by atoms with Crippen LogP contribution in [0.25, 0.3) is 0 Å². The number of thioether (sulfide) groups is 1. The zero-order valence-electron chi connectivity index (χ0n) is 14.3. The molecule has 1 atom stereocenters. The van der Waals surface area contributed by atoms with Crippen LogP contribution in [0.1, 0.15) is 23.7 Å². The molecule has 0 saturated heterocycles. The van der Waals surface area contributed by atoms with Crippen molar-refractivity contribution in [3.8, 4) is 0 Å². The van der Waals surface area contributed by atoms with Crippen LogP contribution in [-0.4, -0.2) is 48.3 Å². The van der Waals surface area contributed by atoms with E-state index in [0.717, 1.165) is 0 Å². The zero-order valence-corrected chi connectivity index (χ0v) is 15.9. The molecule has 142 valence electrons. The number of nitrogens with one attached hydrogen (secondary N) is 3. The Balaban J connectivity index is 2.65. The predicted molar refractivity (Wildman–Crippen MR) is 98.6 cm³/mol. The van der Waals surface area contributed by atoms with Crippen LogP contribution in [0.4, 0.5) is 0 Å². The fraction of sp³-hybridized carbons (Fsp3) is 0.375. The van der Waals surface area contributed by atoms with E-state index in [4.69, 9.17) is 16.3 Å². The van der Waals surface area contributed by atoms with Gasteiger partial charge in [0.1, 0.15) is 6.04 Å². The predicted octanol–water partition coefficient (Wildman–Crippen LogP) is 0.902. The van der Waals surface area contributed by atoms with Crippen LogP contribution in [0.15, 0.2) is 24.3 Å². The molecule has 3 amide bonds. The van der Waals surface area contributed by atoms with Gasteiger partial charge in [0, 0.05) is 6.92 Å². The largest absolute Gasteiger partial charge is 0.454 e. The summed E-state index contributed by atoms with van der Waals surface area (Å²) >= 11 is 7.48. The first-order valence-electron chi connectivity index (χ1n) is 7.61. The molecule has 0 aliphatic carbocycles. The van der Waals surface area contributed by atoms with Crippen molar-refractivity contribution in [1.82, 2.24) is 16.2 Å². The maximum absolute atomic E-state index is 12.3. The Morgan fingerprint density at radius 3 is 2.50 bits per heavy atom. The topological polar surface area (TPSA) is 114 Å². The number of carbonyl (C=O) groups excluding carboxylic acids is 4. The Morgan fingerprint density at radius 1 is 1.19 bits per heavy atom. The Morgan fingerprint density at radius 2 is 1.88 bits per heavy atom. The minimum Gasteiger partial charge on any atom is -0.454 e. The molecule has 10 heteroatoms. The monoisotopic (exact) mass is 401 g/mol. The number of amides is 3. The van der Waals surface area contributed by atoms with Crippen molar-refractivity contribution < 1.29 is 23.9 Å².